The molecule has 0 aliphatic heterocycles. The lowest BCUT2D eigenvalue weighted by atomic mass is 9.95. The van der Waals surface area contributed by atoms with Crippen molar-refractivity contribution in [2.45, 2.75) is 58.0 Å². The van der Waals surface area contributed by atoms with E-state index >= 15 is 0 Å². The molecule has 0 atom stereocenters. The fourth-order valence-electron chi connectivity index (χ4n) is 2.77. The van der Waals surface area contributed by atoms with E-state index in [1.807, 2.05) is 23.8 Å². The Morgan fingerprint density at radius 1 is 1.37 bits per heavy atom. The molecule has 0 unspecified atom stereocenters. The van der Waals surface area contributed by atoms with E-state index in [4.69, 9.17) is 0 Å². The maximum absolute atomic E-state index is 11.9. The maximum atomic E-state index is 11.9. The Kier molecular flexibility index (Phi) is 5.64. The number of aryl methyl sites for hydroxylation is 2. The van der Waals surface area contributed by atoms with Crippen LogP contribution in [0.4, 0.5) is 0 Å². The highest BCUT2D eigenvalue weighted by Crippen LogP contribution is 2.17. The van der Waals surface area contributed by atoms with Gasteiger partial charge in [0.2, 0.25) is 0 Å². The van der Waals surface area contributed by atoms with Crippen molar-refractivity contribution >= 4 is 15.9 Å². The van der Waals surface area contributed by atoms with Crippen molar-refractivity contribution in [1.82, 2.24) is 9.88 Å². The molecule has 0 bridgehead atoms. The number of hydrogen-bond acceptors (Lipinski definition) is 2. The SMILES string of the molecule is Cc1cc(Br)cn(CCCNC2CCCCC2)c1=O. The van der Waals surface area contributed by atoms with Gasteiger partial charge in [0, 0.05) is 28.8 Å². The molecular weight excluding hydrogens is 304 g/mol. The predicted octanol–water partition coefficient (Wildman–Crippen LogP) is 3.23. The lowest BCUT2D eigenvalue weighted by molar-refractivity contribution is 0.368. The summed E-state index contributed by atoms with van der Waals surface area (Å²) in [4.78, 5) is 11.9. The Labute approximate surface area is 123 Å². The summed E-state index contributed by atoms with van der Waals surface area (Å²) in [6.07, 6.45) is 9.64. The number of pyridine rings is 1. The number of hydrogen-bond donors (Lipinski definition) is 1. The molecule has 2 rings (SSSR count). The van der Waals surface area contributed by atoms with Gasteiger partial charge < -0.3 is 9.88 Å². The lowest BCUT2D eigenvalue weighted by Crippen LogP contribution is -2.32. The Morgan fingerprint density at radius 2 is 2.11 bits per heavy atom. The van der Waals surface area contributed by atoms with Crippen LogP contribution in [0.15, 0.2) is 21.5 Å². The molecule has 106 valence electrons. The van der Waals surface area contributed by atoms with E-state index in [9.17, 15) is 4.79 Å². The molecule has 1 fully saturated rings. The third-order valence-electron chi connectivity index (χ3n) is 3.85. The first kappa shape index (κ1) is 14.8. The van der Waals surface area contributed by atoms with Crippen molar-refractivity contribution in [3.8, 4) is 0 Å². The van der Waals surface area contributed by atoms with E-state index < -0.39 is 0 Å². The molecule has 1 saturated carbocycles. The molecule has 0 spiro atoms. The monoisotopic (exact) mass is 326 g/mol. The first-order valence-corrected chi connectivity index (χ1v) is 8.06. The predicted molar refractivity (Wildman–Crippen MR) is 82.6 cm³/mol. The van der Waals surface area contributed by atoms with Crippen molar-refractivity contribution in [3.63, 3.8) is 0 Å². The van der Waals surface area contributed by atoms with Gasteiger partial charge in [-0.15, -0.1) is 0 Å². The average molecular weight is 327 g/mol. The Morgan fingerprint density at radius 3 is 2.84 bits per heavy atom. The Bertz CT molecular complexity index is 464. The van der Waals surface area contributed by atoms with E-state index in [0.717, 1.165) is 29.5 Å². The quantitative estimate of drug-likeness (QED) is 0.843. The summed E-state index contributed by atoms with van der Waals surface area (Å²) in [6.45, 7) is 3.66. The van der Waals surface area contributed by atoms with Crippen molar-refractivity contribution in [2.75, 3.05) is 6.54 Å². The highest BCUT2D eigenvalue weighted by molar-refractivity contribution is 9.10. The molecule has 1 N–H and O–H groups in total. The van der Waals surface area contributed by atoms with Gasteiger partial charge in [0.25, 0.3) is 5.56 Å². The zero-order chi connectivity index (χ0) is 13.7. The van der Waals surface area contributed by atoms with Gasteiger partial charge in [-0.2, -0.15) is 0 Å². The molecule has 1 aromatic rings. The minimum atomic E-state index is 0.126. The molecule has 3 nitrogen and oxygen atoms in total. The Hall–Kier alpha value is -0.610. The van der Waals surface area contributed by atoms with Crippen molar-refractivity contribution < 1.29 is 0 Å². The van der Waals surface area contributed by atoms with Crippen LogP contribution in [0.1, 0.15) is 44.1 Å². The van der Waals surface area contributed by atoms with Crippen LogP contribution < -0.4 is 10.9 Å². The minimum Gasteiger partial charge on any atom is -0.314 e. The molecule has 0 radical (unpaired) electrons. The lowest BCUT2D eigenvalue weighted by Gasteiger charge is -2.22. The molecule has 1 aliphatic carbocycles. The first-order chi connectivity index (χ1) is 9.16. The largest absolute Gasteiger partial charge is 0.314 e. The van der Waals surface area contributed by atoms with Crippen LogP contribution in [0.3, 0.4) is 0 Å². The van der Waals surface area contributed by atoms with Crippen LogP contribution >= 0.6 is 15.9 Å². The second kappa shape index (κ2) is 7.25. The van der Waals surface area contributed by atoms with Gasteiger partial charge in [-0.1, -0.05) is 19.3 Å². The van der Waals surface area contributed by atoms with Crippen LogP contribution in [0, 0.1) is 6.92 Å². The van der Waals surface area contributed by atoms with Gasteiger partial charge in [0.05, 0.1) is 0 Å². The second-order valence-corrected chi connectivity index (χ2v) is 6.40. The van der Waals surface area contributed by atoms with Gasteiger partial charge in [-0.3, -0.25) is 4.79 Å². The van der Waals surface area contributed by atoms with Crippen molar-refractivity contribution in [1.29, 1.82) is 0 Å². The molecule has 0 saturated heterocycles. The molecule has 1 aliphatic rings. The van der Waals surface area contributed by atoms with Gasteiger partial charge >= 0.3 is 0 Å². The highest BCUT2D eigenvalue weighted by atomic mass is 79.9. The summed E-state index contributed by atoms with van der Waals surface area (Å²) in [5.41, 5.74) is 0.926. The standard InChI is InChI=1S/C15H23BrN2O/c1-12-10-13(16)11-18(15(12)19)9-5-8-17-14-6-3-2-4-7-14/h10-11,14,17H,2-9H2,1H3. The summed E-state index contributed by atoms with van der Waals surface area (Å²) in [5.74, 6) is 0. The van der Waals surface area contributed by atoms with Crippen LogP contribution in [0.25, 0.3) is 0 Å². The zero-order valence-corrected chi connectivity index (χ0v) is 13.2. The number of rotatable bonds is 5. The van der Waals surface area contributed by atoms with E-state index in [2.05, 4.69) is 21.2 Å². The molecule has 0 aromatic carbocycles. The normalized spacial score (nSPS) is 16.7. The van der Waals surface area contributed by atoms with Crippen LogP contribution in [0.5, 0.6) is 0 Å². The summed E-state index contributed by atoms with van der Waals surface area (Å²) < 4.78 is 2.78. The van der Waals surface area contributed by atoms with Gasteiger partial charge in [0.15, 0.2) is 0 Å². The third-order valence-corrected chi connectivity index (χ3v) is 4.28. The number of halogens is 1. The first-order valence-electron chi connectivity index (χ1n) is 7.27. The van der Waals surface area contributed by atoms with Crippen molar-refractivity contribution in [3.05, 3.63) is 32.7 Å². The fraction of sp³-hybridized carbons (Fsp3) is 0.667. The molecule has 1 aromatic heterocycles. The summed E-state index contributed by atoms with van der Waals surface area (Å²) >= 11 is 3.44. The summed E-state index contributed by atoms with van der Waals surface area (Å²) in [5, 5.41) is 3.61. The van der Waals surface area contributed by atoms with Crippen LogP contribution in [-0.4, -0.2) is 17.2 Å². The van der Waals surface area contributed by atoms with Crippen LogP contribution in [0.2, 0.25) is 0 Å². The smallest absolute Gasteiger partial charge is 0.253 e. The maximum Gasteiger partial charge on any atom is 0.253 e. The molecule has 1 heterocycles. The fourth-order valence-corrected chi connectivity index (χ4v) is 3.36. The van der Waals surface area contributed by atoms with Crippen LogP contribution in [-0.2, 0) is 6.54 Å². The Balaban J connectivity index is 1.78. The molecule has 19 heavy (non-hydrogen) atoms. The summed E-state index contributed by atoms with van der Waals surface area (Å²) in [7, 11) is 0. The van der Waals surface area contributed by atoms with E-state index in [1.54, 1.807) is 0 Å². The third kappa shape index (κ3) is 4.46. The van der Waals surface area contributed by atoms with Crippen molar-refractivity contribution in [2.24, 2.45) is 0 Å². The van der Waals surface area contributed by atoms with E-state index in [-0.39, 0.29) is 5.56 Å². The zero-order valence-electron chi connectivity index (χ0n) is 11.6. The van der Waals surface area contributed by atoms with Gasteiger partial charge in [-0.05, 0) is 54.7 Å². The second-order valence-electron chi connectivity index (χ2n) is 5.48. The minimum absolute atomic E-state index is 0.126. The molecule has 0 amide bonds. The molecule has 4 heteroatoms. The summed E-state index contributed by atoms with van der Waals surface area (Å²) in [6, 6.07) is 2.58. The van der Waals surface area contributed by atoms with Gasteiger partial charge in [0.1, 0.15) is 0 Å². The highest BCUT2D eigenvalue weighted by Gasteiger charge is 2.11. The van der Waals surface area contributed by atoms with E-state index in [1.165, 1.54) is 32.1 Å². The van der Waals surface area contributed by atoms with E-state index in [0.29, 0.717) is 6.04 Å². The molecular formula is C15H23BrN2O. The topological polar surface area (TPSA) is 34.0 Å². The number of aromatic nitrogens is 1. The van der Waals surface area contributed by atoms with Gasteiger partial charge in [-0.25, -0.2) is 0 Å². The number of nitrogens with one attached hydrogen (secondary N) is 1. The average Bonchev–Trinajstić information content (AvgIpc) is 2.41. The number of nitrogens with zero attached hydrogens (tertiary/aromatic N) is 1.